The predicted molar refractivity (Wildman–Crippen MR) is 351 cm³/mol. The molecule has 1 amide bonds. The van der Waals surface area contributed by atoms with Gasteiger partial charge in [0.1, 0.15) is 24.4 Å². The second kappa shape index (κ2) is 63.2. The Morgan fingerprint density at radius 2 is 0.610 bits per heavy atom. The Balaban J connectivity index is 2.06. The number of hydrogen-bond acceptors (Lipinski definition) is 8. The van der Waals surface area contributed by atoms with Gasteiger partial charge in [-0.1, -0.05) is 386 Å². The normalized spacial score (nSPS) is 18.2. The van der Waals surface area contributed by atoms with Crippen molar-refractivity contribution in [3.8, 4) is 0 Å². The number of nitrogens with one attached hydrogen (secondary N) is 1. The Kier molecular flexibility index (Phi) is 61.1. The molecule has 6 N–H and O–H groups in total. The van der Waals surface area contributed by atoms with E-state index in [2.05, 4.69) is 19.2 Å². The van der Waals surface area contributed by atoms with Gasteiger partial charge in [0.25, 0.3) is 0 Å². The molecule has 1 fully saturated rings. The molecule has 490 valence electrons. The smallest absolute Gasteiger partial charge is 0.220 e. The maximum absolute atomic E-state index is 13.2. The van der Waals surface area contributed by atoms with Crippen LogP contribution in [0.25, 0.3) is 0 Å². The third kappa shape index (κ3) is 51.3. The minimum Gasteiger partial charge on any atom is -0.394 e. The maximum Gasteiger partial charge on any atom is 0.220 e. The minimum absolute atomic E-state index is 0.130. The van der Waals surface area contributed by atoms with Gasteiger partial charge < -0.3 is 40.3 Å². The van der Waals surface area contributed by atoms with E-state index in [0.717, 1.165) is 38.5 Å². The van der Waals surface area contributed by atoms with Crippen LogP contribution < -0.4 is 5.32 Å². The predicted octanol–water partition coefficient (Wildman–Crippen LogP) is 20.5. The molecule has 0 aromatic heterocycles. The number of carbonyl (C=O) groups excluding carboxylic acids is 1. The highest BCUT2D eigenvalue weighted by Crippen LogP contribution is 2.24. The lowest BCUT2D eigenvalue weighted by Crippen LogP contribution is -2.60. The van der Waals surface area contributed by atoms with Crippen LogP contribution in [0.15, 0.2) is 0 Å². The SMILES string of the molecule is CCCCCCCCCCCCCCCCCCCCCCCCCCCCCCCCCCCC(=O)NC(COC1OC(CO)C(O)C(O)C1O)C(O)CCCCCCCCCCCCCCCCCCCCCCCCCCCC. The van der Waals surface area contributed by atoms with Gasteiger partial charge in [0.15, 0.2) is 6.29 Å². The van der Waals surface area contributed by atoms with Crippen LogP contribution in [0.3, 0.4) is 0 Å². The van der Waals surface area contributed by atoms with Crippen molar-refractivity contribution in [1.29, 1.82) is 0 Å². The highest BCUT2D eigenvalue weighted by molar-refractivity contribution is 5.76. The average molecular weight is 1160 g/mol. The molecule has 7 unspecified atom stereocenters. The van der Waals surface area contributed by atoms with Crippen LogP contribution in [0.4, 0.5) is 0 Å². The highest BCUT2D eigenvalue weighted by atomic mass is 16.7. The van der Waals surface area contributed by atoms with Crippen LogP contribution in [0, 0.1) is 0 Å². The molecule has 0 bridgehead atoms. The van der Waals surface area contributed by atoms with Gasteiger partial charge in [0.2, 0.25) is 5.91 Å². The number of aliphatic hydroxyl groups is 5. The first-order valence-corrected chi connectivity index (χ1v) is 37.2. The van der Waals surface area contributed by atoms with Crippen molar-refractivity contribution < 1.29 is 39.8 Å². The maximum atomic E-state index is 13.2. The summed E-state index contributed by atoms with van der Waals surface area (Å²) in [5.74, 6) is -0.132. The third-order valence-corrected chi connectivity index (χ3v) is 18.5. The summed E-state index contributed by atoms with van der Waals surface area (Å²) in [7, 11) is 0. The van der Waals surface area contributed by atoms with E-state index in [1.54, 1.807) is 0 Å². The van der Waals surface area contributed by atoms with E-state index >= 15 is 0 Å². The largest absolute Gasteiger partial charge is 0.394 e. The van der Waals surface area contributed by atoms with Gasteiger partial charge in [0, 0.05) is 6.42 Å². The summed E-state index contributed by atoms with van der Waals surface area (Å²) in [4.78, 5) is 13.2. The van der Waals surface area contributed by atoms with Gasteiger partial charge >= 0.3 is 0 Å². The topological polar surface area (TPSA) is 149 Å². The molecule has 1 aliphatic rings. The first-order chi connectivity index (χ1) is 40.3. The van der Waals surface area contributed by atoms with Gasteiger partial charge in [-0.15, -0.1) is 0 Å². The van der Waals surface area contributed by atoms with E-state index < -0.39 is 49.5 Å². The van der Waals surface area contributed by atoms with Crippen molar-refractivity contribution in [2.45, 2.75) is 448 Å². The van der Waals surface area contributed by atoms with Crippen molar-refractivity contribution in [3.05, 3.63) is 0 Å². The van der Waals surface area contributed by atoms with Gasteiger partial charge in [0.05, 0.1) is 25.4 Å². The molecule has 1 heterocycles. The second-order valence-electron chi connectivity index (χ2n) is 26.5. The summed E-state index contributed by atoms with van der Waals surface area (Å²) >= 11 is 0. The monoisotopic (exact) mass is 1160 g/mol. The summed E-state index contributed by atoms with van der Waals surface area (Å²) in [6.07, 6.45) is 73.4. The fraction of sp³-hybridized carbons (Fsp3) is 0.986. The van der Waals surface area contributed by atoms with Gasteiger partial charge in [-0.2, -0.15) is 0 Å². The Hall–Kier alpha value is -0.810. The summed E-state index contributed by atoms with van der Waals surface area (Å²) in [5, 5.41) is 55.0. The molecule has 0 saturated carbocycles. The van der Waals surface area contributed by atoms with Crippen molar-refractivity contribution in [3.63, 3.8) is 0 Å². The standard InChI is InChI=1S/C73H145NO8/c1-3-5-7-9-11-13-15-17-19-21-23-25-27-29-31-32-33-34-35-36-37-39-41-43-45-47-49-51-53-55-57-59-61-63-69(77)74-66(65-81-73-72(80)71(79)70(78)68(64-75)82-73)67(76)62-60-58-56-54-52-50-48-46-44-42-40-38-30-28-26-24-22-20-18-16-14-12-10-8-6-4-2/h66-68,70-73,75-76,78-80H,3-65H2,1-2H3,(H,74,77). The summed E-state index contributed by atoms with van der Waals surface area (Å²) in [6, 6.07) is -0.715. The molecule has 9 nitrogen and oxygen atoms in total. The molecule has 0 aliphatic carbocycles. The number of unbranched alkanes of at least 4 members (excludes halogenated alkanes) is 57. The summed E-state index contributed by atoms with van der Waals surface area (Å²) < 4.78 is 11.4. The fourth-order valence-electron chi connectivity index (χ4n) is 12.6. The molecule has 0 aromatic carbocycles. The van der Waals surface area contributed by atoms with Crippen LogP contribution in [0.1, 0.15) is 406 Å². The Labute approximate surface area is 510 Å². The van der Waals surface area contributed by atoms with Crippen molar-refractivity contribution in [2.24, 2.45) is 0 Å². The highest BCUT2D eigenvalue weighted by Gasteiger charge is 2.44. The van der Waals surface area contributed by atoms with E-state index in [0.29, 0.717) is 12.8 Å². The van der Waals surface area contributed by atoms with E-state index in [4.69, 9.17) is 9.47 Å². The molecule has 9 heteroatoms. The summed E-state index contributed by atoms with van der Waals surface area (Å²) in [5.41, 5.74) is 0. The molecule has 1 aliphatic heterocycles. The van der Waals surface area contributed by atoms with E-state index in [-0.39, 0.29) is 12.5 Å². The first kappa shape index (κ1) is 79.2. The van der Waals surface area contributed by atoms with Gasteiger partial charge in [-0.3, -0.25) is 4.79 Å². The molecule has 0 radical (unpaired) electrons. The molecular weight excluding hydrogens is 1020 g/mol. The minimum atomic E-state index is -1.55. The lowest BCUT2D eigenvalue weighted by Gasteiger charge is -2.40. The molecule has 1 saturated heterocycles. The quantitative estimate of drug-likeness (QED) is 0.0330. The molecule has 0 aromatic rings. The van der Waals surface area contributed by atoms with E-state index in [9.17, 15) is 30.3 Å². The van der Waals surface area contributed by atoms with Crippen molar-refractivity contribution >= 4 is 5.91 Å². The third-order valence-electron chi connectivity index (χ3n) is 18.5. The summed E-state index contributed by atoms with van der Waals surface area (Å²) in [6.45, 7) is 3.92. The lowest BCUT2D eigenvalue weighted by atomic mass is 9.99. The Morgan fingerprint density at radius 3 is 0.866 bits per heavy atom. The number of hydrogen-bond donors (Lipinski definition) is 6. The van der Waals surface area contributed by atoms with Gasteiger partial charge in [-0.25, -0.2) is 0 Å². The lowest BCUT2D eigenvalue weighted by molar-refractivity contribution is -0.302. The van der Waals surface area contributed by atoms with Crippen LogP contribution in [0.2, 0.25) is 0 Å². The molecule has 82 heavy (non-hydrogen) atoms. The number of amides is 1. The van der Waals surface area contributed by atoms with Gasteiger partial charge in [-0.05, 0) is 12.8 Å². The second-order valence-corrected chi connectivity index (χ2v) is 26.5. The number of ether oxygens (including phenoxy) is 2. The van der Waals surface area contributed by atoms with Crippen LogP contribution >= 0.6 is 0 Å². The number of rotatable bonds is 67. The average Bonchev–Trinajstić information content (AvgIpc) is 3.57. The molecule has 7 atom stereocenters. The van der Waals surface area contributed by atoms with Crippen molar-refractivity contribution in [2.75, 3.05) is 13.2 Å². The Morgan fingerprint density at radius 1 is 0.366 bits per heavy atom. The van der Waals surface area contributed by atoms with Crippen LogP contribution in [0.5, 0.6) is 0 Å². The Bertz CT molecular complexity index is 1260. The zero-order chi connectivity index (χ0) is 59.3. The molecule has 1 rings (SSSR count). The fourth-order valence-corrected chi connectivity index (χ4v) is 12.6. The first-order valence-electron chi connectivity index (χ1n) is 37.2. The zero-order valence-corrected chi connectivity index (χ0v) is 55.0. The molecular formula is C73H145NO8. The number of carbonyl (C=O) groups is 1. The van der Waals surface area contributed by atoms with Crippen molar-refractivity contribution in [1.82, 2.24) is 5.32 Å². The van der Waals surface area contributed by atoms with Crippen LogP contribution in [-0.4, -0.2) is 87.5 Å². The van der Waals surface area contributed by atoms with E-state index in [1.165, 1.54) is 340 Å². The van der Waals surface area contributed by atoms with Crippen LogP contribution in [-0.2, 0) is 14.3 Å². The van der Waals surface area contributed by atoms with E-state index in [1.807, 2.05) is 0 Å². The number of aliphatic hydroxyl groups excluding tert-OH is 5. The molecule has 0 spiro atoms. The zero-order valence-electron chi connectivity index (χ0n) is 55.0.